The van der Waals surface area contributed by atoms with E-state index in [0.717, 1.165) is 70.6 Å². The second-order valence-electron chi connectivity index (χ2n) is 12.0. The van der Waals surface area contributed by atoms with Crippen LogP contribution in [0.5, 0.6) is 0 Å². The molecule has 0 aliphatic carbocycles. The number of carbonyl (C=O) groups excluding carboxylic acids is 1. The Labute approximate surface area is 266 Å². The standard InChI is InChI=1S/C39H68O4/c1-3-5-7-9-11-13-15-16-17-18-19-20-21-22-23-24-26-28-30-32-34-36-38(40)43-37(39(41)42)35-33-31-29-27-25-14-12-10-8-6-4-2/h11,13,16-17,19-20,22-23,37H,3-10,12,14-15,18,21,24-36H2,1-2H3,(H,41,42)/b13-11-,17-16-,20-19-,23-22-. The lowest BCUT2D eigenvalue weighted by Gasteiger charge is -2.13. The van der Waals surface area contributed by atoms with Crippen molar-refractivity contribution in [1.29, 1.82) is 0 Å². The van der Waals surface area contributed by atoms with Crippen molar-refractivity contribution in [3.05, 3.63) is 48.6 Å². The normalized spacial score (nSPS) is 12.8. The summed E-state index contributed by atoms with van der Waals surface area (Å²) in [7, 11) is 0. The molecule has 1 atom stereocenters. The van der Waals surface area contributed by atoms with E-state index in [4.69, 9.17) is 4.74 Å². The van der Waals surface area contributed by atoms with E-state index < -0.39 is 12.1 Å². The topological polar surface area (TPSA) is 63.6 Å². The molecule has 0 aliphatic rings. The van der Waals surface area contributed by atoms with Crippen LogP contribution >= 0.6 is 0 Å². The second-order valence-corrected chi connectivity index (χ2v) is 12.0. The van der Waals surface area contributed by atoms with E-state index in [2.05, 4.69) is 62.5 Å². The van der Waals surface area contributed by atoms with Crippen LogP contribution in [0.3, 0.4) is 0 Å². The third-order valence-electron chi connectivity index (χ3n) is 7.83. The van der Waals surface area contributed by atoms with E-state index in [1.54, 1.807) is 0 Å². The van der Waals surface area contributed by atoms with Crippen molar-refractivity contribution >= 4 is 11.9 Å². The van der Waals surface area contributed by atoms with Gasteiger partial charge in [0.2, 0.25) is 0 Å². The van der Waals surface area contributed by atoms with Gasteiger partial charge in [-0.05, 0) is 64.2 Å². The fraction of sp³-hybridized carbons (Fsp3) is 0.744. The van der Waals surface area contributed by atoms with E-state index in [1.807, 2.05) is 0 Å². The summed E-state index contributed by atoms with van der Waals surface area (Å²) >= 11 is 0. The minimum atomic E-state index is -1.02. The van der Waals surface area contributed by atoms with Crippen molar-refractivity contribution in [2.24, 2.45) is 0 Å². The van der Waals surface area contributed by atoms with Crippen LogP contribution < -0.4 is 0 Å². The molecule has 0 aromatic carbocycles. The highest BCUT2D eigenvalue weighted by molar-refractivity contribution is 5.77. The number of allylic oxidation sites excluding steroid dienone is 8. The number of aliphatic carboxylic acids is 1. The van der Waals surface area contributed by atoms with Gasteiger partial charge in [-0.1, -0.05) is 159 Å². The lowest BCUT2D eigenvalue weighted by molar-refractivity contribution is -0.164. The van der Waals surface area contributed by atoms with E-state index >= 15 is 0 Å². The number of carbonyl (C=O) groups is 2. The number of carboxylic acids is 1. The summed E-state index contributed by atoms with van der Waals surface area (Å²) in [4.78, 5) is 23.7. The van der Waals surface area contributed by atoms with E-state index in [-0.39, 0.29) is 5.97 Å². The molecule has 1 unspecified atom stereocenters. The fourth-order valence-corrected chi connectivity index (χ4v) is 5.07. The number of esters is 1. The SMILES string of the molecule is CCCCC/C=C\C/C=C\C/C=C\C/C=C\CCCCCCCC(=O)OC(CCCCCCCCCCCCC)C(=O)O. The van der Waals surface area contributed by atoms with Crippen LogP contribution in [0.1, 0.15) is 181 Å². The average molecular weight is 601 g/mol. The van der Waals surface area contributed by atoms with Crippen LogP contribution in [0.25, 0.3) is 0 Å². The van der Waals surface area contributed by atoms with Crippen LogP contribution in [0.15, 0.2) is 48.6 Å². The van der Waals surface area contributed by atoms with Gasteiger partial charge in [0.15, 0.2) is 6.10 Å². The highest BCUT2D eigenvalue weighted by atomic mass is 16.6. The van der Waals surface area contributed by atoms with Crippen molar-refractivity contribution in [2.45, 2.75) is 187 Å². The first-order chi connectivity index (χ1) is 21.1. The quantitative estimate of drug-likeness (QED) is 0.0474. The summed E-state index contributed by atoms with van der Waals surface area (Å²) in [5.74, 6) is -1.38. The molecular formula is C39H68O4. The third-order valence-corrected chi connectivity index (χ3v) is 7.83. The molecule has 43 heavy (non-hydrogen) atoms. The average Bonchev–Trinajstić information content (AvgIpc) is 3.00. The highest BCUT2D eigenvalue weighted by Gasteiger charge is 2.21. The number of rotatable bonds is 32. The molecule has 0 amide bonds. The zero-order valence-corrected chi connectivity index (χ0v) is 28.3. The van der Waals surface area contributed by atoms with Crippen molar-refractivity contribution in [1.82, 2.24) is 0 Å². The summed E-state index contributed by atoms with van der Waals surface area (Å²) in [6, 6.07) is 0. The molecule has 0 bridgehead atoms. The summed E-state index contributed by atoms with van der Waals surface area (Å²) in [5, 5.41) is 9.44. The summed E-state index contributed by atoms with van der Waals surface area (Å²) in [6.45, 7) is 4.49. The van der Waals surface area contributed by atoms with Gasteiger partial charge >= 0.3 is 11.9 Å². The Hall–Kier alpha value is -2.10. The number of carboxylic acid groups (broad SMARTS) is 1. The van der Waals surface area contributed by atoms with Crippen LogP contribution in [0.2, 0.25) is 0 Å². The van der Waals surface area contributed by atoms with Gasteiger partial charge in [-0.15, -0.1) is 0 Å². The Morgan fingerprint density at radius 1 is 0.512 bits per heavy atom. The maximum absolute atomic E-state index is 12.2. The lowest BCUT2D eigenvalue weighted by Crippen LogP contribution is -2.27. The molecule has 0 fully saturated rings. The fourth-order valence-electron chi connectivity index (χ4n) is 5.07. The molecule has 0 spiro atoms. The molecule has 4 heteroatoms. The maximum atomic E-state index is 12.2. The third kappa shape index (κ3) is 32.6. The number of hydrogen-bond donors (Lipinski definition) is 1. The molecule has 1 N–H and O–H groups in total. The first-order valence-electron chi connectivity index (χ1n) is 18.1. The Bertz CT molecular complexity index is 734. The zero-order chi connectivity index (χ0) is 31.5. The molecular weight excluding hydrogens is 532 g/mol. The van der Waals surface area contributed by atoms with Gasteiger partial charge in [0.25, 0.3) is 0 Å². The first kappa shape index (κ1) is 40.9. The molecule has 0 aliphatic heterocycles. The molecule has 4 nitrogen and oxygen atoms in total. The van der Waals surface area contributed by atoms with Crippen LogP contribution in [-0.4, -0.2) is 23.1 Å². The maximum Gasteiger partial charge on any atom is 0.345 e. The smallest absolute Gasteiger partial charge is 0.345 e. The van der Waals surface area contributed by atoms with E-state index in [0.29, 0.717) is 12.8 Å². The Kier molecular flexibility index (Phi) is 32.7. The number of ether oxygens (including phenoxy) is 1. The van der Waals surface area contributed by atoms with Gasteiger partial charge in [0, 0.05) is 6.42 Å². The highest BCUT2D eigenvalue weighted by Crippen LogP contribution is 2.15. The van der Waals surface area contributed by atoms with Gasteiger partial charge in [0.05, 0.1) is 0 Å². The summed E-state index contributed by atoms with van der Waals surface area (Å²) < 4.78 is 5.29. The summed E-state index contributed by atoms with van der Waals surface area (Å²) in [5.41, 5.74) is 0. The van der Waals surface area contributed by atoms with Gasteiger partial charge < -0.3 is 9.84 Å². The van der Waals surface area contributed by atoms with Gasteiger partial charge in [0.1, 0.15) is 0 Å². The van der Waals surface area contributed by atoms with Crippen LogP contribution in [0.4, 0.5) is 0 Å². The van der Waals surface area contributed by atoms with E-state index in [9.17, 15) is 14.7 Å². The molecule has 0 radical (unpaired) electrons. The molecule has 0 aromatic heterocycles. The largest absolute Gasteiger partial charge is 0.479 e. The Morgan fingerprint density at radius 3 is 1.37 bits per heavy atom. The predicted octanol–water partition coefficient (Wildman–Crippen LogP) is 12.4. The minimum absolute atomic E-state index is 0.319. The minimum Gasteiger partial charge on any atom is -0.479 e. The van der Waals surface area contributed by atoms with Gasteiger partial charge in [-0.3, -0.25) is 4.79 Å². The lowest BCUT2D eigenvalue weighted by atomic mass is 10.0. The molecule has 0 rings (SSSR count). The van der Waals surface area contributed by atoms with Crippen molar-refractivity contribution in [3.63, 3.8) is 0 Å². The molecule has 0 saturated heterocycles. The predicted molar refractivity (Wildman–Crippen MR) is 185 cm³/mol. The molecule has 248 valence electrons. The first-order valence-corrected chi connectivity index (χ1v) is 18.1. The Morgan fingerprint density at radius 2 is 0.884 bits per heavy atom. The second kappa shape index (κ2) is 34.4. The zero-order valence-electron chi connectivity index (χ0n) is 28.3. The van der Waals surface area contributed by atoms with Gasteiger partial charge in [-0.25, -0.2) is 4.79 Å². The molecule has 0 aromatic rings. The number of unbranched alkanes of at least 4 members (excludes halogenated alkanes) is 18. The molecule has 0 heterocycles. The monoisotopic (exact) mass is 601 g/mol. The van der Waals surface area contributed by atoms with Crippen LogP contribution in [0, 0.1) is 0 Å². The van der Waals surface area contributed by atoms with Crippen molar-refractivity contribution in [3.8, 4) is 0 Å². The van der Waals surface area contributed by atoms with E-state index in [1.165, 1.54) is 83.5 Å². The van der Waals surface area contributed by atoms with Crippen LogP contribution in [-0.2, 0) is 14.3 Å². The van der Waals surface area contributed by atoms with Gasteiger partial charge in [-0.2, -0.15) is 0 Å². The Balaban J connectivity index is 3.64. The summed E-state index contributed by atoms with van der Waals surface area (Å²) in [6.07, 6.45) is 45.7. The molecule has 0 saturated carbocycles. The number of hydrogen-bond acceptors (Lipinski definition) is 3. The van der Waals surface area contributed by atoms with Crippen molar-refractivity contribution < 1.29 is 19.4 Å². The van der Waals surface area contributed by atoms with Crippen molar-refractivity contribution in [2.75, 3.05) is 0 Å².